The molecule has 1 rings (SSSR count). The van der Waals surface area contributed by atoms with Gasteiger partial charge in [0.25, 0.3) is 0 Å². The maximum atomic E-state index is 12.4. The maximum absolute atomic E-state index is 12.4. The Hall–Kier alpha value is -0.810. The Morgan fingerprint density at radius 3 is 1.42 bits per heavy atom. The quantitative estimate of drug-likeness (QED) is 0.0371. The molecule has 6 unspecified atom stereocenters. The molecule has 0 aromatic rings. The van der Waals surface area contributed by atoms with Crippen molar-refractivity contribution in [1.29, 1.82) is 0 Å². The van der Waals surface area contributed by atoms with Crippen LogP contribution in [0.25, 0.3) is 0 Å². The molecule has 4 N–H and O–H groups in total. The molecule has 50 heavy (non-hydrogen) atoms. The molecule has 9 nitrogen and oxygen atoms in total. The van der Waals surface area contributed by atoms with Crippen molar-refractivity contribution in [2.75, 3.05) is 26.4 Å². The second-order valence-electron chi connectivity index (χ2n) is 14.8. The molecule has 0 bridgehead atoms. The van der Waals surface area contributed by atoms with Crippen LogP contribution in [-0.4, -0.2) is 89.6 Å². The van der Waals surface area contributed by atoms with Crippen molar-refractivity contribution in [1.82, 2.24) is 0 Å². The van der Waals surface area contributed by atoms with Gasteiger partial charge in [-0.3, -0.25) is 4.79 Å². The zero-order valence-electron chi connectivity index (χ0n) is 32.4. The summed E-state index contributed by atoms with van der Waals surface area (Å²) < 4.78 is 22.5. The van der Waals surface area contributed by atoms with Crippen LogP contribution in [0.3, 0.4) is 0 Å². The number of rotatable bonds is 36. The highest BCUT2D eigenvalue weighted by atomic mass is 16.7. The molecule has 0 aromatic heterocycles. The number of aliphatic hydroxyl groups excluding tert-OH is 4. The molecule has 6 atom stereocenters. The van der Waals surface area contributed by atoms with Crippen molar-refractivity contribution in [2.45, 2.75) is 230 Å². The molecule has 1 saturated heterocycles. The van der Waals surface area contributed by atoms with Gasteiger partial charge in [0.05, 0.1) is 19.8 Å². The molecular weight excluding hydrogens is 636 g/mol. The van der Waals surface area contributed by atoms with Crippen LogP contribution in [0.2, 0.25) is 0 Å². The average molecular weight is 717 g/mol. The van der Waals surface area contributed by atoms with Gasteiger partial charge in [0.1, 0.15) is 30.5 Å². The zero-order valence-corrected chi connectivity index (χ0v) is 32.4. The Bertz CT molecular complexity index is 737. The number of carbonyl (C=O) groups excluding carboxylic acids is 1. The zero-order chi connectivity index (χ0) is 36.5. The van der Waals surface area contributed by atoms with Crippen LogP contribution in [0.15, 0.2) is 0 Å². The van der Waals surface area contributed by atoms with E-state index >= 15 is 0 Å². The largest absolute Gasteiger partial charge is 0.457 e. The SMILES string of the molecule is CCCCCCCCCCCCCCCCCCCCCCCCCOCC(COC1OC(CO)C(O)C(O)C1O)OC(=O)CCCCCC. The predicted molar refractivity (Wildman–Crippen MR) is 201 cm³/mol. The number of aliphatic hydroxyl groups is 4. The van der Waals surface area contributed by atoms with Crippen LogP contribution in [0.1, 0.15) is 194 Å². The molecule has 1 aliphatic rings. The van der Waals surface area contributed by atoms with Crippen molar-refractivity contribution < 1.29 is 44.2 Å². The summed E-state index contributed by atoms with van der Waals surface area (Å²) in [5.74, 6) is -0.327. The first-order chi connectivity index (χ1) is 24.4. The normalized spacial score (nSPS) is 21.4. The molecule has 1 aliphatic heterocycles. The number of esters is 1. The van der Waals surface area contributed by atoms with E-state index in [1.165, 1.54) is 135 Å². The third kappa shape index (κ3) is 25.2. The first kappa shape index (κ1) is 47.2. The van der Waals surface area contributed by atoms with E-state index in [0.29, 0.717) is 13.0 Å². The molecule has 0 saturated carbocycles. The van der Waals surface area contributed by atoms with E-state index in [2.05, 4.69) is 13.8 Å². The summed E-state index contributed by atoms with van der Waals surface area (Å²) in [5, 5.41) is 39.8. The number of ether oxygens (including phenoxy) is 4. The van der Waals surface area contributed by atoms with Gasteiger partial charge in [0.2, 0.25) is 0 Å². The Morgan fingerprint density at radius 1 is 0.560 bits per heavy atom. The minimum absolute atomic E-state index is 0.108. The summed E-state index contributed by atoms with van der Waals surface area (Å²) in [6.07, 6.45) is 27.8. The van der Waals surface area contributed by atoms with Gasteiger partial charge < -0.3 is 39.4 Å². The van der Waals surface area contributed by atoms with Gasteiger partial charge in [-0.1, -0.05) is 174 Å². The van der Waals surface area contributed by atoms with Gasteiger partial charge in [-0.15, -0.1) is 0 Å². The molecule has 1 heterocycles. The van der Waals surface area contributed by atoms with E-state index < -0.39 is 43.4 Å². The highest BCUT2D eigenvalue weighted by Crippen LogP contribution is 2.22. The fourth-order valence-electron chi connectivity index (χ4n) is 6.67. The topological polar surface area (TPSA) is 135 Å². The van der Waals surface area contributed by atoms with Gasteiger partial charge in [-0.2, -0.15) is 0 Å². The second kappa shape index (κ2) is 34.0. The summed E-state index contributed by atoms with van der Waals surface area (Å²) in [4.78, 5) is 12.4. The van der Waals surface area contributed by atoms with Gasteiger partial charge in [0, 0.05) is 13.0 Å². The van der Waals surface area contributed by atoms with E-state index in [1.807, 2.05) is 0 Å². The fraction of sp³-hybridized carbons (Fsp3) is 0.976. The summed E-state index contributed by atoms with van der Waals surface area (Å²) in [6.45, 7) is 4.46. The van der Waals surface area contributed by atoms with Gasteiger partial charge in [-0.25, -0.2) is 0 Å². The standard InChI is InChI=1S/C41H80O9/c1-3-5-7-9-10-11-12-13-14-15-16-17-18-19-20-21-22-23-24-25-26-27-29-31-47-33-35(49-37(43)30-28-8-6-4-2)34-48-41-40(46)39(45)38(44)36(32-42)50-41/h35-36,38-42,44-46H,3-34H2,1-2H3. The average Bonchev–Trinajstić information content (AvgIpc) is 3.12. The molecular formula is C41H80O9. The Morgan fingerprint density at radius 2 is 0.980 bits per heavy atom. The smallest absolute Gasteiger partial charge is 0.306 e. The van der Waals surface area contributed by atoms with E-state index in [4.69, 9.17) is 18.9 Å². The number of hydrogen-bond donors (Lipinski definition) is 4. The van der Waals surface area contributed by atoms with Crippen LogP contribution < -0.4 is 0 Å². The minimum atomic E-state index is -1.53. The molecule has 1 fully saturated rings. The predicted octanol–water partition coefficient (Wildman–Crippen LogP) is 8.69. The maximum Gasteiger partial charge on any atom is 0.306 e. The number of unbranched alkanes of at least 4 members (excludes halogenated alkanes) is 25. The monoisotopic (exact) mass is 717 g/mol. The summed E-state index contributed by atoms with van der Waals surface area (Å²) in [7, 11) is 0. The third-order valence-corrected chi connectivity index (χ3v) is 10.0. The summed E-state index contributed by atoms with van der Waals surface area (Å²) >= 11 is 0. The van der Waals surface area contributed by atoms with Crippen LogP contribution in [-0.2, 0) is 23.7 Å². The molecule has 9 heteroatoms. The second-order valence-corrected chi connectivity index (χ2v) is 14.8. The molecule has 0 aromatic carbocycles. The van der Waals surface area contributed by atoms with Gasteiger partial charge >= 0.3 is 5.97 Å². The summed E-state index contributed by atoms with van der Waals surface area (Å²) in [6, 6.07) is 0. The fourth-order valence-corrected chi connectivity index (χ4v) is 6.67. The molecule has 298 valence electrons. The lowest BCUT2D eigenvalue weighted by atomic mass is 9.99. The van der Waals surface area contributed by atoms with Crippen LogP contribution in [0, 0.1) is 0 Å². The summed E-state index contributed by atoms with van der Waals surface area (Å²) in [5.41, 5.74) is 0. The van der Waals surface area contributed by atoms with E-state index in [-0.39, 0.29) is 19.2 Å². The van der Waals surface area contributed by atoms with Crippen LogP contribution in [0.5, 0.6) is 0 Å². The van der Waals surface area contributed by atoms with Crippen molar-refractivity contribution in [2.24, 2.45) is 0 Å². The first-order valence-corrected chi connectivity index (χ1v) is 21.1. The van der Waals surface area contributed by atoms with Crippen molar-refractivity contribution in [3.63, 3.8) is 0 Å². The Kier molecular flexibility index (Phi) is 32.1. The first-order valence-electron chi connectivity index (χ1n) is 21.1. The molecule has 0 spiro atoms. The Balaban J connectivity index is 2.06. The van der Waals surface area contributed by atoms with E-state index in [0.717, 1.165) is 38.5 Å². The van der Waals surface area contributed by atoms with E-state index in [9.17, 15) is 25.2 Å². The van der Waals surface area contributed by atoms with Gasteiger partial charge in [-0.05, 0) is 12.8 Å². The molecule has 0 radical (unpaired) electrons. The lowest BCUT2D eigenvalue weighted by molar-refractivity contribution is -0.305. The van der Waals surface area contributed by atoms with Crippen molar-refractivity contribution in [3.8, 4) is 0 Å². The number of hydrogen-bond acceptors (Lipinski definition) is 9. The van der Waals surface area contributed by atoms with Crippen LogP contribution in [0.4, 0.5) is 0 Å². The van der Waals surface area contributed by atoms with E-state index in [1.54, 1.807) is 0 Å². The lowest BCUT2D eigenvalue weighted by Crippen LogP contribution is -2.59. The lowest BCUT2D eigenvalue weighted by Gasteiger charge is -2.39. The highest BCUT2D eigenvalue weighted by Gasteiger charge is 2.44. The Labute approximate surface area is 306 Å². The van der Waals surface area contributed by atoms with Crippen molar-refractivity contribution >= 4 is 5.97 Å². The highest BCUT2D eigenvalue weighted by molar-refractivity contribution is 5.69. The van der Waals surface area contributed by atoms with Gasteiger partial charge in [0.15, 0.2) is 6.29 Å². The van der Waals surface area contributed by atoms with Crippen LogP contribution >= 0.6 is 0 Å². The third-order valence-electron chi connectivity index (χ3n) is 10.0. The molecule has 0 amide bonds. The number of carbonyl (C=O) groups is 1. The minimum Gasteiger partial charge on any atom is -0.457 e. The van der Waals surface area contributed by atoms with Crippen molar-refractivity contribution in [3.05, 3.63) is 0 Å². The molecule has 0 aliphatic carbocycles.